The van der Waals surface area contributed by atoms with Crippen molar-refractivity contribution >= 4 is 42.8 Å². The van der Waals surface area contributed by atoms with E-state index >= 15 is 0 Å². The molecule has 2 aliphatic rings. The highest BCUT2D eigenvalue weighted by molar-refractivity contribution is 7.55. The van der Waals surface area contributed by atoms with Crippen molar-refractivity contribution in [2.24, 2.45) is 0 Å². The fraction of sp³-hybridized carbons (Fsp3) is 0.333. The molecule has 3 aromatic carbocycles. The summed E-state index contributed by atoms with van der Waals surface area (Å²) in [5.41, 5.74) is 1.69. The van der Waals surface area contributed by atoms with Crippen molar-refractivity contribution in [1.82, 2.24) is 9.80 Å². The van der Waals surface area contributed by atoms with Crippen LogP contribution in [0.15, 0.2) is 78.9 Å². The van der Waals surface area contributed by atoms with Gasteiger partial charge in [0, 0.05) is 50.4 Å². The Morgan fingerprint density at radius 2 is 1.33 bits per heavy atom. The van der Waals surface area contributed by atoms with Gasteiger partial charge in [-0.1, -0.05) is 42.5 Å². The fourth-order valence-electron chi connectivity index (χ4n) is 5.67. The molecule has 0 bridgehead atoms. The Bertz CT molecular complexity index is 1570. The first-order valence-corrected chi connectivity index (χ1v) is 16.7. The van der Waals surface area contributed by atoms with Gasteiger partial charge in [-0.15, -0.1) is 0 Å². The van der Waals surface area contributed by atoms with Gasteiger partial charge in [-0.25, -0.2) is 9.36 Å². The maximum Gasteiger partial charge on any atom is 0.453 e. The second-order valence-electron chi connectivity index (χ2n) is 11.2. The number of nitrogens with one attached hydrogen (secondary N) is 2. The minimum Gasteiger partial charge on any atom is -0.445 e. The van der Waals surface area contributed by atoms with Crippen LogP contribution in [0.25, 0.3) is 0 Å². The smallest absolute Gasteiger partial charge is 0.445 e. The monoisotopic (exact) mass is 648 g/mol. The molecule has 0 radical (unpaired) electrons. The van der Waals surface area contributed by atoms with Crippen LogP contribution in [0.3, 0.4) is 0 Å². The number of benzene rings is 3. The predicted molar refractivity (Wildman–Crippen MR) is 171 cm³/mol. The van der Waals surface area contributed by atoms with E-state index in [0.717, 1.165) is 5.56 Å². The van der Waals surface area contributed by atoms with Gasteiger partial charge in [-0.05, 0) is 55.5 Å². The molecule has 2 heterocycles. The van der Waals surface area contributed by atoms with E-state index in [1.54, 1.807) is 36.4 Å². The van der Waals surface area contributed by atoms with Gasteiger partial charge >= 0.3 is 13.7 Å². The van der Waals surface area contributed by atoms with Crippen molar-refractivity contribution in [3.8, 4) is 11.5 Å². The number of likely N-dealkylation sites (tertiary alicyclic amines) is 2. The Labute approximate surface area is 267 Å². The molecule has 2 N–H and O–H groups in total. The number of hydrogen-bond donors (Lipinski definition) is 2. The molecule has 0 saturated carbocycles. The number of ether oxygens (including phenoxy) is 1. The van der Waals surface area contributed by atoms with E-state index in [2.05, 4.69) is 10.6 Å². The molecule has 13 heteroatoms. The lowest BCUT2D eigenvalue weighted by atomic mass is 10.2. The van der Waals surface area contributed by atoms with Crippen LogP contribution < -0.4 is 19.7 Å². The molecule has 0 aromatic heterocycles. The van der Waals surface area contributed by atoms with E-state index in [-0.39, 0.29) is 35.8 Å². The van der Waals surface area contributed by atoms with E-state index < -0.39 is 25.5 Å². The Kier molecular flexibility index (Phi) is 10.3. The summed E-state index contributed by atoms with van der Waals surface area (Å²) in [5.74, 6) is -1.58. The van der Waals surface area contributed by atoms with Gasteiger partial charge in [0.25, 0.3) is 0 Å². The highest BCUT2D eigenvalue weighted by Crippen LogP contribution is 2.57. The van der Waals surface area contributed by atoms with Crippen LogP contribution in [-0.4, -0.2) is 58.5 Å². The van der Waals surface area contributed by atoms with Crippen LogP contribution in [0.1, 0.15) is 45.1 Å². The van der Waals surface area contributed by atoms with Crippen LogP contribution in [0, 0.1) is 0 Å². The Morgan fingerprint density at radius 3 is 1.91 bits per heavy atom. The highest BCUT2D eigenvalue weighted by atomic mass is 31.2. The lowest BCUT2D eigenvalue weighted by Crippen LogP contribution is -2.49. The molecule has 2 saturated heterocycles. The van der Waals surface area contributed by atoms with Crippen molar-refractivity contribution in [1.29, 1.82) is 0 Å². The van der Waals surface area contributed by atoms with E-state index in [1.807, 2.05) is 30.3 Å². The van der Waals surface area contributed by atoms with E-state index in [9.17, 15) is 23.7 Å². The van der Waals surface area contributed by atoms with Crippen LogP contribution in [-0.2, 0) is 30.3 Å². The molecule has 0 spiro atoms. The topological polar surface area (TPSA) is 144 Å². The lowest BCUT2D eigenvalue weighted by molar-refractivity contribution is -0.135. The van der Waals surface area contributed by atoms with Gasteiger partial charge in [0.15, 0.2) is 5.78 Å². The van der Waals surface area contributed by atoms with Crippen molar-refractivity contribution < 1.29 is 37.5 Å². The zero-order valence-corrected chi connectivity index (χ0v) is 26.6. The summed E-state index contributed by atoms with van der Waals surface area (Å²) in [7, 11) is -4.22. The first-order valence-electron chi connectivity index (χ1n) is 15.1. The number of nitrogens with zero attached hydrogens (tertiary/aromatic N) is 2. The van der Waals surface area contributed by atoms with Gasteiger partial charge in [0.1, 0.15) is 24.1 Å². The molecular weight excluding hydrogens is 611 g/mol. The third-order valence-corrected chi connectivity index (χ3v) is 9.82. The molecule has 5 rings (SSSR count). The summed E-state index contributed by atoms with van der Waals surface area (Å²) in [6.07, 6.45) is 1.33. The molecule has 4 amide bonds. The number of carbonyl (C=O) groups excluding carboxylic acids is 4. The standard InChI is InChI=1S/C33H37N4O8P/c1-23(38)34-26-12-6-14-28(20-26)44-46(42,45-29-15-7-13-27(21-29)35-24(2)39)31-17-9-19-37(31)32(40)30-16-8-18-36(30)33(41)43-22-25-10-4-3-5-11-25/h3-7,10-15,20-21,30-31H,8-9,16-19,22H2,1-2H3,(H,34,38)(H,35,39)/t30-,31+/m0/s1. The second-order valence-corrected chi connectivity index (χ2v) is 13.2. The van der Waals surface area contributed by atoms with Crippen LogP contribution in [0.5, 0.6) is 11.5 Å². The van der Waals surface area contributed by atoms with Crippen molar-refractivity contribution in [2.45, 2.75) is 58.0 Å². The first-order chi connectivity index (χ1) is 22.1. The number of hydrogen-bond acceptors (Lipinski definition) is 8. The average Bonchev–Trinajstić information content (AvgIpc) is 3.71. The predicted octanol–water partition coefficient (Wildman–Crippen LogP) is 6.00. The Hall–Kier alpha value is -4.83. The Balaban J connectivity index is 1.40. The van der Waals surface area contributed by atoms with Crippen molar-refractivity contribution in [2.75, 3.05) is 23.7 Å². The molecule has 0 aliphatic carbocycles. The minimum atomic E-state index is -4.22. The number of carbonyl (C=O) groups is 4. The molecule has 2 aliphatic heterocycles. The van der Waals surface area contributed by atoms with Gasteiger partial charge in [-0.2, -0.15) is 0 Å². The van der Waals surface area contributed by atoms with Crippen molar-refractivity contribution in [3.63, 3.8) is 0 Å². The van der Waals surface area contributed by atoms with E-state index in [1.165, 1.54) is 35.8 Å². The number of anilines is 2. The normalized spacial score (nSPS) is 17.7. The summed E-state index contributed by atoms with van der Waals surface area (Å²) in [6, 6.07) is 21.3. The largest absolute Gasteiger partial charge is 0.453 e. The molecule has 242 valence electrons. The number of amides is 4. The summed E-state index contributed by atoms with van der Waals surface area (Å²) in [5, 5.41) is 5.35. The minimum absolute atomic E-state index is 0.0788. The molecule has 12 nitrogen and oxygen atoms in total. The van der Waals surface area contributed by atoms with Crippen molar-refractivity contribution in [3.05, 3.63) is 84.4 Å². The lowest BCUT2D eigenvalue weighted by Gasteiger charge is -2.34. The van der Waals surface area contributed by atoms with E-state index in [0.29, 0.717) is 50.1 Å². The molecule has 2 atom stereocenters. The zero-order valence-electron chi connectivity index (χ0n) is 25.7. The van der Waals surface area contributed by atoms with Gasteiger partial charge in [0.2, 0.25) is 17.7 Å². The van der Waals surface area contributed by atoms with Gasteiger partial charge in [0.05, 0.1) is 0 Å². The fourth-order valence-corrected chi connectivity index (χ4v) is 7.84. The first kappa shape index (κ1) is 32.6. The van der Waals surface area contributed by atoms with Crippen LogP contribution in [0.2, 0.25) is 0 Å². The molecular formula is C33H37N4O8P. The quantitative estimate of drug-likeness (QED) is 0.255. The van der Waals surface area contributed by atoms with Crippen LogP contribution in [0.4, 0.5) is 16.2 Å². The average molecular weight is 649 g/mol. The molecule has 46 heavy (non-hydrogen) atoms. The molecule has 0 unspecified atom stereocenters. The maximum atomic E-state index is 14.9. The zero-order chi connectivity index (χ0) is 32.7. The summed E-state index contributed by atoms with van der Waals surface area (Å²) < 4.78 is 32.7. The van der Waals surface area contributed by atoms with Gasteiger partial charge in [-0.3, -0.25) is 19.3 Å². The third-order valence-electron chi connectivity index (χ3n) is 7.62. The highest BCUT2D eigenvalue weighted by Gasteiger charge is 2.50. The molecule has 3 aromatic rings. The van der Waals surface area contributed by atoms with Crippen LogP contribution >= 0.6 is 7.60 Å². The van der Waals surface area contributed by atoms with Gasteiger partial charge < -0.3 is 29.3 Å². The summed E-state index contributed by atoms with van der Waals surface area (Å²) in [6.45, 7) is 3.47. The Morgan fingerprint density at radius 1 is 0.761 bits per heavy atom. The molecule has 2 fully saturated rings. The SMILES string of the molecule is CC(=O)Nc1cccc(OP(=O)(Oc2cccc(NC(C)=O)c2)[C@@H]2CCCN2C(=O)[C@@H]2CCCN2C(=O)OCc2ccccc2)c1. The maximum absolute atomic E-state index is 14.9. The van der Waals surface area contributed by atoms with E-state index in [4.69, 9.17) is 13.8 Å². The summed E-state index contributed by atoms with van der Waals surface area (Å²) >= 11 is 0. The third kappa shape index (κ3) is 8.06. The summed E-state index contributed by atoms with van der Waals surface area (Å²) in [4.78, 5) is 53.4. The second kappa shape index (κ2) is 14.5. The number of rotatable bonds is 10.